The molecule has 1 saturated heterocycles. The molecule has 1 atom stereocenters. The third kappa shape index (κ3) is 5.86. The highest BCUT2D eigenvalue weighted by atomic mass is 35.5. The second-order valence-corrected chi connectivity index (χ2v) is 8.15. The normalized spacial score (nSPS) is 21.0. The van der Waals surface area contributed by atoms with Gasteiger partial charge in [-0.3, -0.25) is 4.99 Å². The third-order valence-corrected chi connectivity index (χ3v) is 5.31. The maximum Gasteiger partial charge on any atom is 0.191 e. The zero-order valence-corrected chi connectivity index (χ0v) is 16.9. The van der Waals surface area contributed by atoms with Gasteiger partial charge in [0.1, 0.15) is 0 Å². The zero-order valence-electron chi connectivity index (χ0n) is 16.1. The summed E-state index contributed by atoms with van der Waals surface area (Å²) in [7, 11) is 0. The summed E-state index contributed by atoms with van der Waals surface area (Å²) >= 11 is 6.00. The number of nitrogens with one attached hydrogen (secondary N) is 2. The van der Waals surface area contributed by atoms with Gasteiger partial charge in [-0.05, 0) is 37.5 Å². The lowest BCUT2D eigenvalue weighted by Crippen LogP contribution is -2.45. The molecule has 1 fully saturated rings. The lowest BCUT2D eigenvalue weighted by molar-refractivity contribution is 0.127. The number of aliphatic hydroxyl groups is 1. The molecule has 1 unspecified atom stereocenters. The quantitative estimate of drug-likeness (QED) is 0.478. The molecule has 3 N–H and O–H groups in total. The van der Waals surface area contributed by atoms with Gasteiger partial charge < -0.3 is 20.5 Å². The molecule has 0 saturated carbocycles. The fourth-order valence-electron chi connectivity index (χ4n) is 3.19. The molecular formula is C20H32ClN3O2. The number of hydrogen-bond acceptors (Lipinski definition) is 3. The topological polar surface area (TPSA) is 65.9 Å². The molecule has 0 aliphatic carbocycles. The Hall–Kier alpha value is -1.30. The second-order valence-electron chi connectivity index (χ2n) is 7.72. The van der Waals surface area contributed by atoms with E-state index in [2.05, 4.69) is 43.5 Å². The van der Waals surface area contributed by atoms with Crippen LogP contribution in [0.2, 0.25) is 5.02 Å². The Labute approximate surface area is 162 Å². The number of aliphatic hydroxyl groups excluding tert-OH is 1. The van der Waals surface area contributed by atoms with Crippen LogP contribution < -0.4 is 10.6 Å². The molecule has 0 radical (unpaired) electrons. The van der Waals surface area contributed by atoms with Gasteiger partial charge in [-0.2, -0.15) is 0 Å². The predicted molar refractivity (Wildman–Crippen MR) is 108 cm³/mol. The summed E-state index contributed by atoms with van der Waals surface area (Å²) in [6, 6.07) is 7.96. The van der Waals surface area contributed by atoms with Crippen molar-refractivity contribution in [2.45, 2.75) is 39.0 Å². The first kappa shape index (κ1) is 21.0. The van der Waals surface area contributed by atoms with Crippen LogP contribution in [0.15, 0.2) is 29.3 Å². The standard InChI is InChI=1S/C20H32ClN3O2/c1-4-22-18(24-14-20(9-11-25)10-12-26-15-20)23-13-19(2,3)16-5-7-17(21)8-6-16/h5-8,25H,4,9-15H2,1-3H3,(H2,22,23,24). The Morgan fingerprint density at radius 1 is 1.31 bits per heavy atom. The van der Waals surface area contributed by atoms with Crippen molar-refractivity contribution in [2.75, 3.05) is 39.5 Å². The van der Waals surface area contributed by atoms with Gasteiger partial charge in [-0.25, -0.2) is 0 Å². The number of nitrogens with zero attached hydrogens (tertiary/aromatic N) is 1. The number of rotatable bonds is 8. The summed E-state index contributed by atoms with van der Waals surface area (Å²) in [5, 5.41) is 16.9. The predicted octanol–water partition coefficient (Wildman–Crippen LogP) is 2.96. The lowest BCUT2D eigenvalue weighted by Gasteiger charge is -2.28. The number of hydrogen-bond donors (Lipinski definition) is 3. The van der Waals surface area contributed by atoms with E-state index < -0.39 is 0 Å². The smallest absolute Gasteiger partial charge is 0.191 e. The van der Waals surface area contributed by atoms with E-state index >= 15 is 0 Å². The van der Waals surface area contributed by atoms with E-state index in [1.54, 1.807) is 0 Å². The van der Waals surface area contributed by atoms with Crippen LogP contribution in [0.4, 0.5) is 0 Å². The number of ether oxygens (including phenoxy) is 1. The Balaban J connectivity index is 2.02. The maximum absolute atomic E-state index is 9.38. The van der Waals surface area contributed by atoms with E-state index in [-0.39, 0.29) is 17.4 Å². The van der Waals surface area contributed by atoms with E-state index in [4.69, 9.17) is 21.3 Å². The molecule has 0 spiro atoms. The molecule has 0 bridgehead atoms. The molecule has 2 rings (SSSR count). The molecule has 6 heteroatoms. The minimum atomic E-state index is -0.0911. The minimum Gasteiger partial charge on any atom is -0.396 e. The number of aliphatic imine (C=N–C) groups is 1. The summed E-state index contributed by atoms with van der Waals surface area (Å²) in [5.74, 6) is 0.804. The highest BCUT2D eigenvalue weighted by molar-refractivity contribution is 6.30. The van der Waals surface area contributed by atoms with Gasteiger partial charge in [-0.15, -0.1) is 0 Å². The Morgan fingerprint density at radius 3 is 2.62 bits per heavy atom. The SMILES string of the molecule is CCNC(=NCC(C)(C)c1ccc(Cl)cc1)NCC1(CCO)CCOC1. The fraction of sp³-hybridized carbons (Fsp3) is 0.650. The van der Waals surface area contributed by atoms with Gasteiger partial charge in [0, 0.05) is 42.2 Å². The monoisotopic (exact) mass is 381 g/mol. The first-order valence-corrected chi connectivity index (χ1v) is 9.75. The average molecular weight is 382 g/mol. The Kier molecular flexibility index (Phi) is 7.74. The summed E-state index contributed by atoms with van der Waals surface area (Å²) < 4.78 is 5.56. The van der Waals surface area contributed by atoms with Crippen molar-refractivity contribution in [3.63, 3.8) is 0 Å². The van der Waals surface area contributed by atoms with E-state index in [0.29, 0.717) is 13.2 Å². The molecule has 1 aliphatic heterocycles. The lowest BCUT2D eigenvalue weighted by atomic mass is 9.84. The van der Waals surface area contributed by atoms with Gasteiger partial charge >= 0.3 is 0 Å². The van der Waals surface area contributed by atoms with Gasteiger partial charge in [-0.1, -0.05) is 37.6 Å². The maximum atomic E-state index is 9.38. The van der Waals surface area contributed by atoms with Crippen LogP contribution in [0.5, 0.6) is 0 Å². The van der Waals surface area contributed by atoms with Crippen molar-refractivity contribution in [2.24, 2.45) is 10.4 Å². The van der Waals surface area contributed by atoms with Crippen molar-refractivity contribution >= 4 is 17.6 Å². The van der Waals surface area contributed by atoms with Crippen LogP contribution in [-0.4, -0.2) is 50.5 Å². The van der Waals surface area contributed by atoms with Crippen LogP contribution in [0.25, 0.3) is 0 Å². The third-order valence-electron chi connectivity index (χ3n) is 5.06. The Bertz CT molecular complexity index is 581. The minimum absolute atomic E-state index is 0.00333. The molecule has 1 aromatic carbocycles. The van der Waals surface area contributed by atoms with Crippen LogP contribution in [0, 0.1) is 5.41 Å². The summed E-state index contributed by atoms with van der Waals surface area (Å²) in [6.45, 7) is 10.3. The van der Waals surface area contributed by atoms with Crippen molar-refractivity contribution in [3.8, 4) is 0 Å². The molecule has 26 heavy (non-hydrogen) atoms. The van der Waals surface area contributed by atoms with E-state index in [1.165, 1.54) is 5.56 Å². The van der Waals surface area contributed by atoms with Gasteiger partial charge in [0.25, 0.3) is 0 Å². The fourth-order valence-corrected chi connectivity index (χ4v) is 3.32. The summed E-state index contributed by atoms with van der Waals surface area (Å²) in [4.78, 5) is 4.79. The zero-order chi connectivity index (χ0) is 19.0. The van der Waals surface area contributed by atoms with E-state index in [0.717, 1.165) is 43.5 Å². The molecule has 1 heterocycles. The molecule has 1 aromatic rings. The van der Waals surface area contributed by atoms with Gasteiger partial charge in [0.2, 0.25) is 0 Å². The molecule has 0 aromatic heterocycles. The molecule has 0 amide bonds. The number of halogens is 1. The summed E-state index contributed by atoms with van der Waals surface area (Å²) in [6.07, 6.45) is 1.71. The summed E-state index contributed by atoms with van der Waals surface area (Å²) in [5.41, 5.74) is 1.12. The molecular weight excluding hydrogens is 350 g/mol. The first-order chi connectivity index (χ1) is 12.4. The van der Waals surface area contributed by atoms with Crippen LogP contribution >= 0.6 is 11.6 Å². The Morgan fingerprint density at radius 2 is 2.04 bits per heavy atom. The van der Waals surface area contributed by atoms with Crippen LogP contribution in [0.1, 0.15) is 39.2 Å². The highest BCUT2D eigenvalue weighted by Crippen LogP contribution is 2.31. The van der Waals surface area contributed by atoms with Gasteiger partial charge in [0.05, 0.1) is 13.2 Å². The van der Waals surface area contributed by atoms with E-state index in [9.17, 15) is 5.11 Å². The van der Waals surface area contributed by atoms with Crippen molar-refractivity contribution in [3.05, 3.63) is 34.9 Å². The van der Waals surface area contributed by atoms with Gasteiger partial charge in [0.15, 0.2) is 5.96 Å². The number of guanidine groups is 1. The second kappa shape index (κ2) is 9.58. The van der Waals surface area contributed by atoms with Crippen molar-refractivity contribution in [1.29, 1.82) is 0 Å². The molecule has 146 valence electrons. The molecule has 5 nitrogen and oxygen atoms in total. The number of benzene rings is 1. The first-order valence-electron chi connectivity index (χ1n) is 9.38. The van der Waals surface area contributed by atoms with Crippen molar-refractivity contribution in [1.82, 2.24) is 10.6 Å². The van der Waals surface area contributed by atoms with Crippen LogP contribution in [-0.2, 0) is 10.2 Å². The highest BCUT2D eigenvalue weighted by Gasteiger charge is 2.34. The average Bonchev–Trinajstić information content (AvgIpc) is 3.07. The van der Waals surface area contributed by atoms with Crippen LogP contribution in [0.3, 0.4) is 0 Å². The largest absolute Gasteiger partial charge is 0.396 e. The van der Waals surface area contributed by atoms with Crippen molar-refractivity contribution < 1.29 is 9.84 Å². The molecule has 1 aliphatic rings. The van der Waals surface area contributed by atoms with E-state index in [1.807, 2.05) is 12.1 Å².